The van der Waals surface area contributed by atoms with E-state index in [4.69, 9.17) is 4.74 Å². The first-order valence-corrected chi connectivity index (χ1v) is 13.2. The van der Waals surface area contributed by atoms with Crippen LogP contribution in [0.3, 0.4) is 0 Å². The van der Waals surface area contributed by atoms with E-state index in [1.807, 2.05) is 0 Å². The first kappa shape index (κ1) is 22.4. The summed E-state index contributed by atoms with van der Waals surface area (Å²) >= 11 is 0. The van der Waals surface area contributed by atoms with Gasteiger partial charge in [0, 0.05) is 6.92 Å². The molecule has 1 N–H and O–H groups in total. The molecule has 3 nitrogen and oxygen atoms in total. The van der Waals surface area contributed by atoms with Gasteiger partial charge < -0.3 is 9.84 Å². The predicted octanol–water partition coefficient (Wildman–Crippen LogP) is 6.32. The number of ether oxygens (including phenoxy) is 1. The van der Waals surface area contributed by atoms with Crippen molar-refractivity contribution in [1.29, 1.82) is 0 Å². The van der Waals surface area contributed by atoms with Crippen LogP contribution in [0.4, 0.5) is 0 Å². The Bertz CT molecular complexity index is 836. The lowest BCUT2D eigenvalue weighted by Gasteiger charge is -2.61. The lowest BCUT2D eigenvalue weighted by molar-refractivity contribution is -0.170. The third-order valence-electron chi connectivity index (χ3n) is 10.9. The van der Waals surface area contributed by atoms with Gasteiger partial charge in [-0.1, -0.05) is 44.2 Å². The molecule has 0 bridgehead atoms. The zero-order valence-electron chi connectivity index (χ0n) is 20.3. The molecule has 32 heavy (non-hydrogen) atoms. The zero-order chi connectivity index (χ0) is 22.6. The second-order valence-corrected chi connectivity index (χ2v) is 12.2. The second-order valence-electron chi connectivity index (χ2n) is 12.2. The largest absolute Gasteiger partial charge is 0.463 e. The second kappa shape index (κ2) is 8.15. The Morgan fingerprint density at radius 2 is 1.75 bits per heavy atom. The Hall–Kier alpha value is -1.35. The lowest BCUT2D eigenvalue weighted by atomic mass is 9.44. The number of hydrogen-bond acceptors (Lipinski definition) is 3. The number of aryl methyl sites for hydroxylation is 1. The van der Waals surface area contributed by atoms with E-state index in [9.17, 15) is 9.90 Å². The van der Waals surface area contributed by atoms with Gasteiger partial charge in [0.15, 0.2) is 0 Å². The van der Waals surface area contributed by atoms with Gasteiger partial charge in [0.1, 0.15) is 6.10 Å². The minimum Gasteiger partial charge on any atom is -0.463 e. The highest BCUT2D eigenvalue weighted by Gasteiger charge is 2.64. The Balaban J connectivity index is 1.31. The van der Waals surface area contributed by atoms with Crippen LogP contribution < -0.4 is 0 Å². The number of rotatable bonds is 4. The third kappa shape index (κ3) is 3.54. The highest BCUT2D eigenvalue weighted by atomic mass is 16.5. The van der Waals surface area contributed by atoms with Crippen LogP contribution in [0.1, 0.15) is 90.5 Å². The van der Waals surface area contributed by atoms with Crippen molar-refractivity contribution >= 4 is 5.97 Å². The van der Waals surface area contributed by atoms with E-state index in [-0.39, 0.29) is 17.5 Å². The normalized spacial score (nSPS) is 45.4. The number of benzene rings is 1. The van der Waals surface area contributed by atoms with E-state index in [1.165, 1.54) is 44.1 Å². The molecule has 1 aromatic rings. The molecule has 0 heterocycles. The third-order valence-corrected chi connectivity index (χ3v) is 10.9. The SMILES string of the molecule is CC(=O)O[C@@H]1CC[C@]2(C)[C@H](CC[C@@H]3[C@H]4CC[C@](O)(CCc5ccccc5)[C@@]4(C)CC[C@@H]32)C1. The van der Waals surface area contributed by atoms with Gasteiger partial charge in [-0.05, 0) is 111 Å². The summed E-state index contributed by atoms with van der Waals surface area (Å²) in [6.07, 6.45) is 12.4. The van der Waals surface area contributed by atoms with Gasteiger partial charge in [-0.25, -0.2) is 0 Å². The van der Waals surface area contributed by atoms with Crippen molar-refractivity contribution in [3.63, 3.8) is 0 Å². The van der Waals surface area contributed by atoms with Crippen molar-refractivity contribution in [2.45, 2.75) is 103 Å². The maximum Gasteiger partial charge on any atom is 0.302 e. The molecule has 0 unspecified atom stereocenters. The molecule has 0 spiro atoms. The molecule has 4 aliphatic carbocycles. The Labute approximate surface area is 194 Å². The fourth-order valence-corrected chi connectivity index (χ4v) is 9.08. The molecule has 5 rings (SSSR count). The van der Waals surface area contributed by atoms with Gasteiger partial charge in [-0.3, -0.25) is 4.79 Å². The standard InChI is InChI=1S/C29H42O3/c1-20(30)32-23-12-15-27(2)22(19-23)9-10-24-25(27)13-16-28(3)26(24)14-18-29(28,31)17-11-21-7-5-4-6-8-21/h4-8,22-26,31H,9-19H2,1-3H3/t22-,23-,24+,25+,26-,27-,28+,29-/m1/s1. The number of esters is 1. The highest BCUT2D eigenvalue weighted by Crippen LogP contribution is 2.68. The molecule has 0 saturated heterocycles. The molecule has 176 valence electrons. The zero-order valence-corrected chi connectivity index (χ0v) is 20.3. The summed E-state index contributed by atoms with van der Waals surface area (Å²) in [5.41, 5.74) is 1.26. The summed E-state index contributed by atoms with van der Waals surface area (Å²) in [6, 6.07) is 10.7. The van der Waals surface area contributed by atoms with Crippen LogP contribution >= 0.6 is 0 Å². The van der Waals surface area contributed by atoms with Crippen LogP contribution in [0.25, 0.3) is 0 Å². The minimum absolute atomic E-state index is 0.0566. The van der Waals surface area contributed by atoms with Crippen LogP contribution in [0.5, 0.6) is 0 Å². The summed E-state index contributed by atoms with van der Waals surface area (Å²) in [7, 11) is 0. The van der Waals surface area contributed by atoms with Crippen molar-refractivity contribution in [2.75, 3.05) is 0 Å². The van der Waals surface area contributed by atoms with Crippen molar-refractivity contribution in [2.24, 2.45) is 34.5 Å². The molecule has 4 fully saturated rings. The van der Waals surface area contributed by atoms with Crippen molar-refractivity contribution in [3.8, 4) is 0 Å². The fourth-order valence-electron chi connectivity index (χ4n) is 9.08. The Kier molecular flexibility index (Phi) is 5.72. The van der Waals surface area contributed by atoms with Gasteiger partial charge in [0.2, 0.25) is 0 Å². The average Bonchev–Trinajstić information content (AvgIpc) is 3.04. The van der Waals surface area contributed by atoms with Gasteiger partial charge in [-0.15, -0.1) is 0 Å². The molecular weight excluding hydrogens is 396 g/mol. The van der Waals surface area contributed by atoms with Crippen molar-refractivity contribution in [1.82, 2.24) is 0 Å². The Morgan fingerprint density at radius 1 is 1.00 bits per heavy atom. The monoisotopic (exact) mass is 438 g/mol. The summed E-state index contributed by atoms with van der Waals surface area (Å²) in [4.78, 5) is 11.5. The van der Waals surface area contributed by atoms with Crippen LogP contribution in [0, 0.1) is 34.5 Å². The van der Waals surface area contributed by atoms with Crippen LogP contribution in [0.2, 0.25) is 0 Å². The summed E-state index contributed by atoms with van der Waals surface area (Å²) in [5, 5.41) is 12.0. The summed E-state index contributed by atoms with van der Waals surface area (Å²) in [6.45, 7) is 6.53. The maximum atomic E-state index is 12.0. The highest BCUT2D eigenvalue weighted by molar-refractivity contribution is 5.66. The van der Waals surface area contributed by atoms with E-state index in [0.717, 1.165) is 43.9 Å². The smallest absolute Gasteiger partial charge is 0.302 e. The van der Waals surface area contributed by atoms with Gasteiger partial charge in [0.05, 0.1) is 5.60 Å². The number of hydrogen-bond donors (Lipinski definition) is 1. The average molecular weight is 439 g/mol. The molecule has 4 saturated carbocycles. The van der Waals surface area contributed by atoms with Crippen LogP contribution in [0.15, 0.2) is 30.3 Å². The minimum atomic E-state index is -0.525. The number of aliphatic hydroxyl groups is 1. The number of fused-ring (bicyclic) bond motifs is 5. The molecule has 0 aliphatic heterocycles. The fraction of sp³-hybridized carbons (Fsp3) is 0.759. The summed E-state index contributed by atoms with van der Waals surface area (Å²) < 4.78 is 5.63. The molecule has 0 aromatic heterocycles. The van der Waals surface area contributed by atoms with Gasteiger partial charge >= 0.3 is 5.97 Å². The molecule has 0 radical (unpaired) electrons. The van der Waals surface area contributed by atoms with Crippen molar-refractivity contribution in [3.05, 3.63) is 35.9 Å². The molecule has 3 heteroatoms. The van der Waals surface area contributed by atoms with E-state index in [2.05, 4.69) is 44.2 Å². The molecule has 0 amide bonds. The molecule has 8 atom stereocenters. The van der Waals surface area contributed by atoms with Crippen LogP contribution in [-0.2, 0) is 16.0 Å². The first-order valence-electron chi connectivity index (χ1n) is 13.2. The Morgan fingerprint density at radius 3 is 2.50 bits per heavy atom. The summed E-state index contributed by atoms with van der Waals surface area (Å²) in [5.74, 6) is 2.75. The predicted molar refractivity (Wildman–Crippen MR) is 127 cm³/mol. The first-order chi connectivity index (χ1) is 15.3. The number of carbonyl (C=O) groups excluding carboxylic acids is 1. The van der Waals surface area contributed by atoms with E-state index < -0.39 is 5.60 Å². The lowest BCUT2D eigenvalue weighted by Crippen LogP contribution is -2.57. The topological polar surface area (TPSA) is 46.5 Å². The van der Waals surface area contributed by atoms with E-state index in [1.54, 1.807) is 6.92 Å². The molecule has 1 aromatic carbocycles. The maximum absolute atomic E-state index is 12.0. The van der Waals surface area contributed by atoms with Crippen LogP contribution in [-0.4, -0.2) is 22.8 Å². The van der Waals surface area contributed by atoms with Gasteiger partial charge in [0.25, 0.3) is 0 Å². The van der Waals surface area contributed by atoms with Gasteiger partial charge in [-0.2, -0.15) is 0 Å². The molecule has 4 aliphatic rings. The van der Waals surface area contributed by atoms with Crippen molar-refractivity contribution < 1.29 is 14.6 Å². The van der Waals surface area contributed by atoms with E-state index >= 15 is 0 Å². The number of carbonyl (C=O) groups is 1. The molecular formula is C29H42O3. The quantitative estimate of drug-likeness (QED) is 0.559. The van der Waals surface area contributed by atoms with E-state index in [0.29, 0.717) is 17.3 Å².